The van der Waals surface area contributed by atoms with Gasteiger partial charge in [0.2, 0.25) is 0 Å². The standard InChI is InChI=1S/C23H22N4O4S/c24-23(29)19-10-22-20(11-21(19)28)26-13-16-7-3-6-15(8-16)4-1-2-5-17-9-18(14-25-12-17)27-32(22,30)31/h1-3,6-12,14,26-28H,4-5,13H2,(H2,24,29)/b2-1+. The van der Waals surface area contributed by atoms with Crippen LogP contribution in [0.2, 0.25) is 0 Å². The highest BCUT2D eigenvalue weighted by atomic mass is 32.2. The zero-order valence-electron chi connectivity index (χ0n) is 17.1. The van der Waals surface area contributed by atoms with Crippen molar-refractivity contribution in [3.05, 3.63) is 89.3 Å². The number of nitrogens with two attached hydrogens (primary N) is 1. The number of nitrogens with zero attached hydrogens (tertiary/aromatic N) is 1. The quantitative estimate of drug-likeness (QED) is 0.421. The minimum absolute atomic E-state index is 0.140. The number of benzene rings is 2. The first-order valence-electron chi connectivity index (χ1n) is 9.92. The lowest BCUT2D eigenvalue weighted by atomic mass is 10.1. The minimum Gasteiger partial charge on any atom is -0.507 e. The van der Waals surface area contributed by atoms with E-state index in [1.165, 1.54) is 12.3 Å². The maximum atomic E-state index is 13.2. The Morgan fingerprint density at radius 3 is 2.53 bits per heavy atom. The Balaban J connectivity index is 1.84. The number of amides is 1. The molecule has 0 aliphatic carbocycles. The second-order valence-corrected chi connectivity index (χ2v) is 9.12. The van der Waals surface area contributed by atoms with Crippen molar-refractivity contribution in [2.75, 3.05) is 10.0 Å². The number of aromatic nitrogens is 1. The summed E-state index contributed by atoms with van der Waals surface area (Å²) >= 11 is 0. The summed E-state index contributed by atoms with van der Waals surface area (Å²) in [7, 11) is -4.14. The highest BCUT2D eigenvalue weighted by molar-refractivity contribution is 7.92. The summed E-state index contributed by atoms with van der Waals surface area (Å²) in [4.78, 5) is 15.6. The van der Waals surface area contributed by atoms with Gasteiger partial charge in [-0.2, -0.15) is 0 Å². The number of primary amides is 1. The molecule has 0 atom stereocenters. The predicted molar refractivity (Wildman–Crippen MR) is 122 cm³/mol. The summed E-state index contributed by atoms with van der Waals surface area (Å²) in [6.07, 6.45) is 8.51. The molecule has 3 aromatic rings. The number of hydrogen-bond acceptors (Lipinski definition) is 6. The van der Waals surface area contributed by atoms with Gasteiger partial charge >= 0.3 is 0 Å². The Morgan fingerprint density at radius 1 is 1.00 bits per heavy atom. The van der Waals surface area contributed by atoms with Crippen LogP contribution in [0, 0.1) is 0 Å². The molecule has 0 radical (unpaired) electrons. The van der Waals surface area contributed by atoms with Crippen molar-refractivity contribution in [1.29, 1.82) is 0 Å². The van der Waals surface area contributed by atoms with Gasteiger partial charge in [0.25, 0.3) is 15.9 Å². The molecule has 1 amide bonds. The molecule has 5 N–H and O–H groups in total. The Morgan fingerprint density at radius 2 is 1.75 bits per heavy atom. The first-order valence-corrected chi connectivity index (χ1v) is 11.4. The van der Waals surface area contributed by atoms with Crippen LogP contribution >= 0.6 is 0 Å². The summed E-state index contributed by atoms with van der Waals surface area (Å²) in [6.45, 7) is 0.312. The zero-order valence-corrected chi connectivity index (χ0v) is 17.9. The van der Waals surface area contributed by atoms with Crippen molar-refractivity contribution in [2.24, 2.45) is 5.73 Å². The Hall–Kier alpha value is -3.85. The fourth-order valence-electron chi connectivity index (χ4n) is 3.49. The lowest BCUT2D eigenvalue weighted by Gasteiger charge is -2.16. The predicted octanol–water partition coefficient (Wildman–Crippen LogP) is 2.95. The number of aromatic hydroxyl groups is 1. The lowest BCUT2D eigenvalue weighted by molar-refractivity contribution is 0.0997. The second-order valence-electron chi connectivity index (χ2n) is 7.47. The van der Waals surface area contributed by atoms with Crippen LogP contribution in [0.15, 0.2) is 71.9 Å². The molecule has 0 saturated heterocycles. The van der Waals surface area contributed by atoms with Crippen molar-refractivity contribution >= 4 is 27.3 Å². The Bertz CT molecular complexity index is 1320. The molecule has 4 bridgehead atoms. The van der Waals surface area contributed by atoms with Crippen LogP contribution in [-0.2, 0) is 29.4 Å². The SMILES string of the molecule is NC(=O)c1cc2c(cc1O)NCc1cccc(c1)C/C=C/Cc1cncc(c1)NS2(=O)=O. The van der Waals surface area contributed by atoms with Crippen molar-refractivity contribution < 1.29 is 18.3 Å². The molecular weight excluding hydrogens is 428 g/mol. The van der Waals surface area contributed by atoms with E-state index in [0.717, 1.165) is 29.2 Å². The number of carbonyl (C=O) groups is 1. The van der Waals surface area contributed by atoms with Gasteiger partial charge in [-0.3, -0.25) is 14.5 Å². The number of allylic oxidation sites excluding steroid dienone is 2. The summed E-state index contributed by atoms with van der Waals surface area (Å²) in [5.41, 5.74) is 8.34. The first-order chi connectivity index (χ1) is 15.3. The molecule has 0 saturated carbocycles. The molecule has 164 valence electrons. The molecule has 2 aromatic carbocycles. The van der Waals surface area contributed by atoms with Crippen LogP contribution in [0.5, 0.6) is 5.75 Å². The molecule has 1 aliphatic heterocycles. The zero-order chi connectivity index (χ0) is 22.7. The third kappa shape index (κ3) is 4.73. The van der Waals surface area contributed by atoms with Gasteiger partial charge in [-0.05, 0) is 41.7 Å². The van der Waals surface area contributed by atoms with Gasteiger partial charge in [0, 0.05) is 18.8 Å². The van der Waals surface area contributed by atoms with E-state index >= 15 is 0 Å². The van der Waals surface area contributed by atoms with Gasteiger partial charge in [-0.1, -0.05) is 36.4 Å². The second kappa shape index (κ2) is 8.72. The largest absolute Gasteiger partial charge is 0.507 e. The van der Waals surface area contributed by atoms with E-state index in [1.807, 2.05) is 30.3 Å². The summed E-state index contributed by atoms with van der Waals surface area (Å²) < 4.78 is 29.0. The molecule has 0 unspecified atom stereocenters. The molecule has 0 spiro atoms. The molecule has 4 rings (SSSR count). The van der Waals surface area contributed by atoms with E-state index in [2.05, 4.69) is 21.1 Å². The van der Waals surface area contributed by atoms with E-state index < -0.39 is 21.7 Å². The smallest absolute Gasteiger partial charge is 0.264 e. The molecular formula is C23H22N4O4S. The van der Waals surface area contributed by atoms with Crippen LogP contribution in [-0.4, -0.2) is 24.4 Å². The van der Waals surface area contributed by atoms with Crippen LogP contribution in [0.25, 0.3) is 0 Å². The van der Waals surface area contributed by atoms with E-state index in [1.54, 1.807) is 12.3 Å². The number of carbonyl (C=O) groups excluding carboxylic acids is 1. The van der Waals surface area contributed by atoms with Crippen molar-refractivity contribution in [2.45, 2.75) is 24.3 Å². The van der Waals surface area contributed by atoms with Crippen molar-refractivity contribution in [3.63, 3.8) is 0 Å². The van der Waals surface area contributed by atoms with Gasteiger partial charge in [-0.15, -0.1) is 0 Å². The fourth-order valence-corrected chi connectivity index (χ4v) is 4.72. The normalized spacial score (nSPS) is 16.1. The molecule has 1 aliphatic rings. The molecule has 2 heterocycles. The molecule has 32 heavy (non-hydrogen) atoms. The van der Waals surface area contributed by atoms with E-state index in [-0.39, 0.29) is 21.8 Å². The molecule has 8 nitrogen and oxygen atoms in total. The number of anilines is 2. The third-order valence-electron chi connectivity index (χ3n) is 5.05. The number of fused-ring (bicyclic) bond motifs is 5. The summed E-state index contributed by atoms with van der Waals surface area (Å²) in [5, 5.41) is 13.3. The summed E-state index contributed by atoms with van der Waals surface area (Å²) in [5.74, 6) is -1.34. The topological polar surface area (TPSA) is 134 Å². The van der Waals surface area contributed by atoms with E-state index in [9.17, 15) is 18.3 Å². The number of rotatable bonds is 1. The highest BCUT2D eigenvalue weighted by Crippen LogP contribution is 2.31. The fraction of sp³-hybridized carbons (Fsp3) is 0.130. The molecule has 0 fully saturated rings. The van der Waals surface area contributed by atoms with E-state index in [4.69, 9.17) is 5.73 Å². The number of hydrogen-bond donors (Lipinski definition) is 4. The number of nitrogens with one attached hydrogen (secondary N) is 2. The van der Waals surface area contributed by atoms with Crippen LogP contribution in [0.4, 0.5) is 11.4 Å². The first kappa shape index (κ1) is 21.4. The van der Waals surface area contributed by atoms with Gasteiger partial charge in [0.05, 0.1) is 23.1 Å². The van der Waals surface area contributed by atoms with Crippen molar-refractivity contribution in [1.82, 2.24) is 4.98 Å². The number of phenols is 1. The van der Waals surface area contributed by atoms with Gasteiger partial charge < -0.3 is 16.2 Å². The Kier molecular flexibility index (Phi) is 5.83. The molecule has 9 heteroatoms. The van der Waals surface area contributed by atoms with Crippen LogP contribution < -0.4 is 15.8 Å². The average molecular weight is 451 g/mol. The van der Waals surface area contributed by atoms with Crippen LogP contribution in [0.3, 0.4) is 0 Å². The maximum Gasteiger partial charge on any atom is 0.264 e. The maximum absolute atomic E-state index is 13.2. The third-order valence-corrected chi connectivity index (χ3v) is 6.47. The minimum atomic E-state index is -4.14. The summed E-state index contributed by atoms with van der Waals surface area (Å²) in [6, 6.07) is 11.9. The number of pyridine rings is 1. The van der Waals surface area contributed by atoms with E-state index in [0.29, 0.717) is 13.0 Å². The van der Waals surface area contributed by atoms with Gasteiger partial charge in [0.1, 0.15) is 10.6 Å². The lowest BCUT2D eigenvalue weighted by Crippen LogP contribution is -2.18. The van der Waals surface area contributed by atoms with Gasteiger partial charge in [0.15, 0.2) is 0 Å². The van der Waals surface area contributed by atoms with Crippen LogP contribution in [0.1, 0.15) is 27.0 Å². The molecule has 1 aromatic heterocycles. The average Bonchev–Trinajstić information content (AvgIpc) is 2.74. The monoisotopic (exact) mass is 450 g/mol. The highest BCUT2D eigenvalue weighted by Gasteiger charge is 2.23. The number of sulfonamides is 1. The Labute approximate surface area is 185 Å². The van der Waals surface area contributed by atoms with Gasteiger partial charge in [-0.25, -0.2) is 8.42 Å². The van der Waals surface area contributed by atoms with Crippen molar-refractivity contribution in [3.8, 4) is 5.75 Å².